The predicted octanol–water partition coefficient (Wildman–Crippen LogP) is -1.78. The molecule has 2 unspecified atom stereocenters. The molecule has 7 N–H and O–H groups in total. The first-order valence-electron chi connectivity index (χ1n) is 8.47. The number of anilines is 1. The molecule has 1 aliphatic rings. The first-order valence-corrected chi connectivity index (χ1v) is 8.47. The standard InChI is InChI=1S/C15H22FN7O4/c16-3-1-2-7(17)14(26)22-9-8(4-24)27-15(11(9)25)23-6-21-10-12(18)19-5-20-13(10)23/h5-9,11,15,24-25H,1-4,17H2,(H,22,26)(H2,18,19,20)/t7?,8-,9?,11+,15-/m1/s1. The van der Waals surface area contributed by atoms with Crippen molar-refractivity contribution in [3.05, 3.63) is 12.7 Å². The van der Waals surface area contributed by atoms with Crippen LogP contribution in [0, 0.1) is 0 Å². The zero-order valence-corrected chi connectivity index (χ0v) is 14.4. The Morgan fingerprint density at radius 3 is 2.93 bits per heavy atom. The number of aliphatic hydroxyl groups is 2. The maximum Gasteiger partial charge on any atom is 0.237 e. The quantitative estimate of drug-likeness (QED) is 0.370. The van der Waals surface area contributed by atoms with Crippen LogP contribution in [0.3, 0.4) is 0 Å². The lowest BCUT2D eigenvalue weighted by atomic mass is 10.1. The first kappa shape index (κ1) is 19.4. The minimum Gasteiger partial charge on any atom is -0.394 e. The topological polar surface area (TPSA) is 174 Å². The summed E-state index contributed by atoms with van der Waals surface area (Å²) >= 11 is 0. The highest BCUT2D eigenvalue weighted by atomic mass is 19.1. The molecule has 2 aromatic rings. The van der Waals surface area contributed by atoms with E-state index in [9.17, 15) is 19.4 Å². The van der Waals surface area contributed by atoms with E-state index in [0.717, 1.165) is 0 Å². The monoisotopic (exact) mass is 383 g/mol. The van der Waals surface area contributed by atoms with Gasteiger partial charge in [-0.3, -0.25) is 13.8 Å². The van der Waals surface area contributed by atoms with Gasteiger partial charge in [-0.2, -0.15) is 0 Å². The third-order valence-corrected chi connectivity index (χ3v) is 4.51. The summed E-state index contributed by atoms with van der Waals surface area (Å²) in [6.07, 6.45) is -0.0893. The smallest absolute Gasteiger partial charge is 0.237 e. The number of halogens is 1. The summed E-state index contributed by atoms with van der Waals surface area (Å²) in [6, 6.07) is -1.84. The number of aliphatic hydroxyl groups excluding tert-OH is 2. The van der Waals surface area contributed by atoms with Crippen LogP contribution in [-0.2, 0) is 9.53 Å². The summed E-state index contributed by atoms with van der Waals surface area (Å²) in [4.78, 5) is 24.2. The van der Waals surface area contributed by atoms with Crippen molar-refractivity contribution in [3.8, 4) is 0 Å². The second kappa shape index (κ2) is 8.08. The lowest BCUT2D eigenvalue weighted by Gasteiger charge is -2.22. The Kier molecular flexibility index (Phi) is 5.79. The Morgan fingerprint density at radius 1 is 1.44 bits per heavy atom. The van der Waals surface area contributed by atoms with E-state index in [1.165, 1.54) is 17.2 Å². The van der Waals surface area contributed by atoms with Gasteiger partial charge in [0.25, 0.3) is 0 Å². The van der Waals surface area contributed by atoms with Crippen LogP contribution in [0.25, 0.3) is 11.2 Å². The van der Waals surface area contributed by atoms with Crippen molar-refractivity contribution in [2.75, 3.05) is 19.0 Å². The number of nitrogens with two attached hydrogens (primary N) is 2. The Hall–Kier alpha value is -2.41. The molecule has 0 aliphatic carbocycles. The number of alkyl halides is 1. The summed E-state index contributed by atoms with van der Waals surface area (Å²) in [7, 11) is 0. The predicted molar refractivity (Wildman–Crippen MR) is 91.9 cm³/mol. The molecule has 1 aliphatic heterocycles. The van der Waals surface area contributed by atoms with Gasteiger partial charge in [-0.15, -0.1) is 0 Å². The van der Waals surface area contributed by atoms with Crippen molar-refractivity contribution in [3.63, 3.8) is 0 Å². The van der Waals surface area contributed by atoms with Gasteiger partial charge in [0, 0.05) is 0 Å². The number of imidazole rings is 1. The van der Waals surface area contributed by atoms with Gasteiger partial charge >= 0.3 is 0 Å². The summed E-state index contributed by atoms with van der Waals surface area (Å²) < 4.78 is 19.4. The van der Waals surface area contributed by atoms with E-state index in [1.54, 1.807) is 0 Å². The Labute approximate surface area is 153 Å². The number of fused-ring (bicyclic) bond motifs is 1. The van der Waals surface area contributed by atoms with Crippen molar-refractivity contribution >= 4 is 22.9 Å². The van der Waals surface area contributed by atoms with Gasteiger partial charge in [0.2, 0.25) is 5.91 Å². The third kappa shape index (κ3) is 3.69. The number of amides is 1. The van der Waals surface area contributed by atoms with Crippen molar-refractivity contribution in [2.24, 2.45) is 5.73 Å². The molecule has 0 saturated carbocycles. The average molecular weight is 383 g/mol. The van der Waals surface area contributed by atoms with Crippen molar-refractivity contribution < 1.29 is 24.1 Å². The van der Waals surface area contributed by atoms with Crippen LogP contribution in [-0.4, -0.2) is 73.2 Å². The van der Waals surface area contributed by atoms with Crippen LogP contribution in [0.2, 0.25) is 0 Å². The lowest BCUT2D eigenvalue weighted by Crippen LogP contribution is -2.53. The van der Waals surface area contributed by atoms with Crippen molar-refractivity contribution in [2.45, 2.75) is 43.4 Å². The molecule has 148 valence electrons. The third-order valence-electron chi connectivity index (χ3n) is 4.51. The zero-order chi connectivity index (χ0) is 19.6. The highest BCUT2D eigenvalue weighted by Gasteiger charge is 2.46. The van der Waals surface area contributed by atoms with Crippen LogP contribution < -0.4 is 16.8 Å². The van der Waals surface area contributed by atoms with Gasteiger partial charge in [-0.1, -0.05) is 0 Å². The van der Waals surface area contributed by atoms with E-state index in [4.69, 9.17) is 16.2 Å². The highest BCUT2D eigenvalue weighted by molar-refractivity contribution is 5.82. The molecule has 0 aromatic carbocycles. The van der Waals surface area contributed by atoms with Crippen LogP contribution in [0.1, 0.15) is 19.1 Å². The molecular weight excluding hydrogens is 361 g/mol. The molecule has 0 radical (unpaired) electrons. The zero-order valence-electron chi connectivity index (χ0n) is 14.4. The fraction of sp³-hybridized carbons (Fsp3) is 0.600. The van der Waals surface area contributed by atoms with Crippen LogP contribution in [0.4, 0.5) is 10.2 Å². The van der Waals surface area contributed by atoms with E-state index >= 15 is 0 Å². The molecule has 3 rings (SSSR count). The van der Waals surface area contributed by atoms with Crippen molar-refractivity contribution in [1.82, 2.24) is 24.8 Å². The normalized spacial score (nSPS) is 26.4. The molecule has 0 spiro atoms. The van der Waals surface area contributed by atoms with Crippen LogP contribution >= 0.6 is 0 Å². The second-order valence-electron chi connectivity index (χ2n) is 6.29. The molecule has 27 heavy (non-hydrogen) atoms. The number of carbonyl (C=O) groups excluding carboxylic acids is 1. The average Bonchev–Trinajstić information content (AvgIpc) is 3.22. The van der Waals surface area contributed by atoms with Gasteiger partial charge in [0.15, 0.2) is 17.7 Å². The number of carbonyl (C=O) groups is 1. The molecule has 1 fully saturated rings. The van der Waals surface area contributed by atoms with Crippen molar-refractivity contribution in [1.29, 1.82) is 0 Å². The molecule has 0 bridgehead atoms. The highest BCUT2D eigenvalue weighted by Crippen LogP contribution is 2.31. The maximum absolute atomic E-state index is 12.3. The van der Waals surface area contributed by atoms with Gasteiger partial charge in [0.1, 0.15) is 24.1 Å². The van der Waals surface area contributed by atoms with E-state index in [2.05, 4.69) is 20.3 Å². The molecule has 2 aromatic heterocycles. The Bertz CT molecular complexity index is 804. The largest absolute Gasteiger partial charge is 0.394 e. The van der Waals surface area contributed by atoms with E-state index in [0.29, 0.717) is 11.2 Å². The summed E-state index contributed by atoms with van der Waals surface area (Å²) in [6.45, 7) is -1.02. The molecule has 1 amide bonds. The minimum absolute atomic E-state index is 0.159. The number of nitrogens with one attached hydrogen (secondary N) is 1. The fourth-order valence-corrected chi connectivity index (χ4v) is 3.06. The fourth-order valence-electron chi connectivity index (χ4n) is 3.06. The second-order valence-corrected chi connectivity index (χ2v) is 6.29. The van der Waals surface area contributed by atoms with Crippen LogP contribution in [0.5, 0.6) is 0 Å². The lowest BCUT2D eigenvalue weighted by molar-refractivity contribution is -0.124. The molecular formula is C15H22FN7O4. The number of hydrogen-bond donors (Lipinski definition) is 5. The number of rotatable bonds is 7. The number of nitrogens with zero attached hydrogens (tertiary/aromatic N) is 4. The first-order chi connectivity index (χ1) is 13.0. The van der Waals surface area contributed by atoms with E-state index in [-0.39, 0.29) is 18.7 Å². The van der Waals surface area contributed by atoms with Gasteiger partial charge in [0.05, 0.1) is 31.7 Å². The molecule has 12 heteroatoms. The molecule has 1 saturated heterocycles. The van der Waals surface area contributed by atoms with E-state index in [1.807, 2.05) is 0 Å². The van der Waals surface area contributed by atoms with Gasteiger partial charge in [-0.05, 0) is 12.8 Å². The van der Waals surface area contributed by atoms with E-state index < -0.39 is 49.7 Å². The van der Waals surface area contributed by atoms with Gasteiger partial charge < -0.3 is 31.7 Å². The Morgan fingerprint density at radius 2 is 2.22 bits per heavy atom. The molecule has 3 heterocycles. The summed E-state index contributed by atoms with van der Waals surface area (Å²) in [5.74, 6) is -0.383. The summed E-state index contributed by atoms with van der Waals surface area (Å²) in [5.41, 5.74) is 12.2. The number of hydrogen-bond acceptors (Lipinski definition) is 9. The van der Waals surface area contributed by atoms with Gasteiger partial charge in [-0.25, -0.2) is 15.0 Å². The summed E-state index contributed by atoms with van der Waals surface area (Å²) in [5, 5.41) is 22.8. The molecule has 11 nitrogen and oxygen atoms in total. The maximum atomic E-state index is 12.3. The Balaban J connectivity index is 1.79. The minimum atomic E-state index is -1.21. The SMILES string of the molecule is Nc1ncnc2c1ncn2[C@@H]1O[C@H](CO)C(NC(=O)C(N)CCCF)[C@@H]1O. The number of nitrogen functional groups attached to an aromatic ring is 1. The number of ether oxygens (including phenoxy) is 1. The number of aromatic nitrogens is 4. The molecule has 5 atom stereocenters. The van der Waals surface area contributed by atoms with Crippen LogP contribution in [0.15, 0.2) is 12.7 Å².